The van der Waals surface area contributed by atoms with Crippen LogP contribution >= 0.6 is 0 Å². The highest BCUT2D eigenvalue weighted by Crippen LogP contribution is 2.40. The number of rotatable bonds is 4. The first-order valence-electron chi connectivity index (χ1n) is 5.99. The molecule has 1 aromatic carbocycles. The highest BCUT2D eigenvalue weighted by atomic mass is 16.5. The van der Waals surface area contributed by atoms with Gasteiger partial charge < -0.3 is 9.84 Å². The first kappa shape index (κ1) is 12.0. The zero-order valence-corrected chi connectivity index (χ0v) is 10.3. The topological polar surface area (TPSA) is 46.5 Å². The summed E-state index contributed by atoms with van der Waals surface area (Å²) in [6, 6.07) is 5.90. The summed E-state index contributed by atoms with van der Waals surface area (Å²) in [4.78, 5) is 10.9. The van der Waals surface area contributed by atoms with E-state index in [-0.39, 0.29) is 6.42 Å². The van der Waals surface area contributed by atoms with Gasteiger partial charge in [0.2, 0.25) is 0 Å². The second-order valence-corrected chi connectivity index (χ2v) is 4.91. The molecule has 0 heterocycles. The van der Waals surface area contributed by atoms with Crippen molar-refractivity contribution >= 4 is 5.97 Å². The Labute approximate surface area is 101 Å². The standard InChI is InChI=1S/C14H18O3/c1-10-5-3-6-12(11(10)2)17-14(7-4-8-14)9-13(15)16/h3,5-6H,4,7-9H2,1-2H3,(H,15,16). The molecule has 1 aromatic rings. The van der Waals surface area contributed by atoms with Gasteiger partial charge in [0, 0.05) is 0 Å². The largest absolute Gasteiger partial charge is 0.486 e. The summed E-state index contributed by atoms with van der Waals surface area (Å²) < 4.78 is 5.98. The van der Waals surface area contributed by atoms with Gasteiger partial charge in [0.1, 0.15) is 11.4 Å². The van der Waals surface area contributed by atoms with Crippen LogP contribution in [0.3, 0.4) is 0 Å². The van der Waals surface area contributed by atoms with Crippen molar-refractivity contribution in [2.45, 2.75) is 45.1 Å². The van der Waals surface area contributed by atoms with Crippen LogP contribution in [0.25, 0.3) is 0 Å². The van der Waals surface area contributed by atoms with E-state index in [1.807, 2.05) is 32.0 Å². The maximum atomic E-state index is 10.9. The lowest BCUT2D eigenvalue weighted by Crippen LogP contribution is -2.45. The fourth-order valence-electron chi connectivity index (χ4n) is 2.23. The van der Waals surface area contributed by atoms with E-state index in [2.05, 4.69) is 0 Å². The third-order valence-corrected chi connectivity index (χ3v) is 3.62. The lowest BCUT2D eigenvalue weighted by Gasteiger charge is -2.41. The van der Waals surface area contributed by atoms with Gasteiger partial charge in [0.05, 0.1) is 6.42 Å². The molecule has 1 saturated carbocycles. The first-order chi connectivity index (χ1) is 8.02. The Hall–Kier alpha value is -1.51. The van der Waals surface area contributed by atoms with Gasteiger partial charge in [0.25, 0.3) is 0 Å². The van der Waals surface area contributed by atoms with E-state index in [9.17, 15) is 4.79 Å². The fourth-order valence-corrected chi connectivity index (χ4v) is 2.23. The predicted octanol–water partition coefficient (Wildman–Crippen LogP) is 3.08. The Morgan fingerprint density at radius 1 is 1.41 bits per heavy atom. The predicted molar refractivity (Wildman–Crippen MR) is 65.4 cm³/mol. The van der Waals surface area contributed by atoms with Crippen molar-refractivity contribution in [3.05, 3.63) is 29.3 Å². The fraction of sp³-hybridized carbons (Fsp3) is 0.500. The Bertz CT molecular complexity index is 433. The summed E-state index contributed by atoms with van der Waals surface area (Å²) in [5.74, 6) is 0.0426. The van der Waals surface area contributed by atoms with Crippen LogP contribution in [0.4, 0.5) is 0 Å². The summed E-state index contributed by atoms with van der Waals surface area (Å²) in [7, 11) is 0. The molecule has 0 aromatic heterocycles. The lowest BCUT2D eigenvalue weighted by molar-refractivity contribution is -0.144. The number of hydrogen-bond acceptors (Lipinski definition) is 2. The minimum atomic E-state index is -0.782. The van der Waals surface area contributed by atoms with Crippen LogP contribution in [0.5, 0.6) is 5.75 Å². The average Bonchev–Trinajstić information content (AvgIpc) is 2.21. The van der Waals surface area contributed by atoms with Crippen molar-refractivity contribution in [3.8, 4) is 5.75 Å². The van der Waals surface area contributed by atoms with E-state index in [1.54, 1.807) is 0 Å². The second-order valence-electron chi connectivity index (χ2n) is 4.91. The number of hydrogen-bond donors (Lipinski definition) is 1. The molecular weight excluding hydrogens is 216 g/mol. The van der Waals surface area contributed by atoms with Crippen LogP contribution in [0.15, 0.2) is 18.2 Å². The van der Waals surface area contributed by atoms with E-state index < -0.39 is 11.6 Å². The molecule has 3 heteroatoms. The SMILES string of the molecule is Cc1cccc(OC2(CC(=O)O)CCC2)c1C. The van der Waals surface area contributed by atoms with Crippen molar-refractivity contribution in [1.29, 1.82) is 0 Å². The van der Waals surface area contributed by atoms with E-state index in [0.717, 1.165) is 30.6 Å². The van der Waals surface area contributed by atoms with Crippen LogP contribution in [0, 0.1) is 13.8 Å². The molecule has 0 unspecified atom stereocenters. The van der Waals surface area contributed by atoms with E-state index in [4.69, 9.17) is 9.84 Å². The first-order valence-corrected chi connectivity index (χ1v) is 5.99. The van der Waals surface area contributed by atoms with Gasteiger partial charge in [-0.15, -0.1) is 0 Å². The zero-order chi connectivity index (χ0) is 12.5. The summed E-state index contributed by atoms with van der Waals surface area (Å²) in [6.45, 7) is 4.05. The number of carboxylic acids is 1. The lowest BCUT2D eigenvalue weighted by atomic mass is 9.77. The van der Waals surface area contributed by atoms with Crippen molar-refractivity contribution in [2.75, 3.05) is 0 Å². The number of aliphatic carboxylic acids is 1. The van der Waals surface area contributed by atoms with Crippen molar-refractivity contribution in [1.82, 2.24) is 0 Å². The molecule has 1 aliphatic carbocycles. The molecule has 0 bridgehead atoms. The summed E-state index contributed by atoms with van der Waals surface area (Å²) in [6.07, 6.45) is 2.83. The number of carboxylic acid groups (broad SMARTS) is 1. The molecular formula is C14H18O3. The Morgan fingerprint density at radius 2 is 2.12 bits per heavy atom. The normalized spacial score (nSPS) is 17.3. The number of ether oxygens (including phenoxy) is 1. The van der Waals surface area contributed by atoms with Crippen LogP contribution in [0.2, 0.25) is 0 Å². The third kappa shape index (κ3) is 2.43. The molecule has 1 N–H and O–H groups in total. The molecule has 92 valence electrons. The molecule has 0 spiro atoms. The van der Waals surface area contributed by atoms with Crippen LogP contribution in [-0.4, -0.2) is 16.7 Å². The third-order valence-electron chi connectivity index (χ3n) is 3.62. The van der Waals surface area contributed by atoms with Gasteiger partial charge >= 0.3 is 5.97 Å². The quantitative estimate of drug-likeness (QED) is 0.870. The molecule has 0 amide bonds. The van der Waals surface area contributed by atoms with E-state index >= 15 is 0 Å². The maximum absolute atomic E-state index is 10.9. The van der Waals surface area contributed by atoms with Crippen LogP contribution < -0.4 is 4.74 Å². The molecule has 0 atom stereocenters. The van der Waals surface area contributed by atoms with Gasteiger partial charge in [0.15, 0.2) is 0 Å². The summed E-state index contributed by atoms with van der Waals surface area (Å²) in [5, 5.41) is 8.94. The molecule has 2 rings (SSSR count). The highest BCUT2D eigenvalue weighted by Gasteiger charge is 2.41. The average molecular weight is 234 g/mol. The van der Waals surface area contributed by atoms with Crippen molar-refractivity contribution in [3.63, 3.8) is 0 Å². The number of benzene rings is 1. The monoisotopic (exact) mass is 234 g/mol. The van der Waals surface area contributed by atoms with Gasteiger partial charge in [-0.3, -0.25) is 4.79 Å². The van der Waals surface area contributed by atoms with Gasteiger partial charge in [-0.05, 0) is 50.3 Å². The van der Waals surface area contributed by atoms with E-state index in [1.165, 1.54) is 5.56 Å². The molecule has 0 radical (unpaired) electrons. The second kappa shape index (κ2) is 4.40. The molecule has 0 aliphatic heterocycles. The molecule has 17 heavy (non-hydrogen) atoms. The Balaban J connectivity index is 2.18. The minimum Gasteiger partial charge on any atom is -0.486 e. The van der Waals surface area contributed by atoms with Gasteiger partial charge in [-0.1, -0.05) is 12.1 Å². The zero-order valence-electron chi connectivity index (χ0n) is 10.3. The number of aryl methyl sites for hydroxylation is 1. The minimum absolute atomic E-state index is 0.0976. The van der Waals surface area contributed by atoms with Gasteiger partial charge in [-0.2, -0.15) is 0 Å². The maximum Gasteiger partial charge on any atom is 0.307 e. The molecule has 1 aliphatic rings. The molecule has 3 nitrogen and oxygen atoms in total. The van der Waals surface area contributed by atoms with Crippen molar-refractivity contribution in [2.24, 2.45) is 0 Å². The summed E-state index contributed by atoms with van der Waals surface area (Å²) >= 11 is 0. The summed E-state index contributed by atoms with van der Waals surface area (Å²) in [5.41, 5.74) is 1.81. The molecule has 0 saturated heterocycles. The highest BCUT2D eigenvalue weighted by molar-refractivity contribution is 5.68. The van der Waals surface area contributed by atoms with Crippen molar-refractivity contribution < 1.29 is 14.6 Å². The smallest absolute Gasteiger partial charge is 0.307 e. The number of carbonyl (C=O) groups is 1. The van der Waals surface area contributed by atoms with Gasteiger partial charge in [-0.25, -0.2) is 0 Å². The van der Waals surface area contributed by atoms with Crippen LogP contribution in [0.1, 0.15) is 36.8 Å². The Kier molecular flexibility index (Phi) is 3.09. The Morgan fingerprint density at radius 3 is 2.65 bits per heavy atom. The molecule has 1 fully saturated rings. The van der Waals surface area contributed by atoms with E-state index in [0.29, 0.717) is 0 Å². The van der Waals surface area contributed by atoms with Crippen LogP contribution in [-0.2, 0) is 4.79 Å².